The fourth-order valence-corrected chi connectivity index (χ4v) is 3.08. The van der Waals surface area contributed by atoms with Gasteiger partial charge in [0.2, 0.25) is 0 Å². The molecular weight excluding hydrogens is 268 g/mol. The minimum absolute atomic E-state index is 0.351. The topological polar surface area (TPSA) is 56.7 Å². The third-order valence-electron chi connectivity index (χ3n) is 3.30. The van der Waals surface area contributed by atoms with Gasteiger partial charge in [-0.15, -0.1) is 11.3 Å². The van der Waals surface area contributed by atoms with Crippen LogP contribution in [0.3, 0.4) is 0 Å². The van der Waals surface area contributed by atoms with Gasteiger partial charge in [-0.2, -0.15) is 0 Å². The Hall–Kier alpha value is -2.14. The van der Waals surface area contributed by atoms with Gasteiger partial charge in [0.05, 0.1) is 18.2 Å². The number of hydrogen-bond acceptors (Lipinski definition) is 4. The lowest BCUT2D eigenvalue weighted by atomic mass is 10.1. The van der Waals surface area contributed by atoms with Crippen LogP contribution in [0.5, 0.6) is 0 Å². The monoisotopic (exact) mass is 284 g/mol. The van der Waals surface area contributed by atoms with Crippen LogP contribution in [0.2, 0.25) is 0 Å². The molecule has 5 heteroatoms. The molecule has 2 N–H and O–H groups in total. The lowest BCUT2D eigenvalue weighted by Gasteiger charge is -2.16. The number of nitrogens with two attached hydrogens (primary N) is 1. The smallest absolute Gasteiger partial charge is 0.123 e. The van der Waals surface area contributed by atoms with E-state index < -0.39 is 0 Å². The van der Waals surface area contributed by atoms with Gasteiger partial charge >= 0.3 is 0 Å². The first kappa shape index (κ1) is 12.9. The van der Waals surface area contributed by atoms with E-state index >= 15 is 0 Å². The number of aromatic nitrogens is 3. The summed E-state index contributed by atoms with van der Waals surface area (Å²) in [7, 11) is 0. The number of nitrogen functional groups attached to an aromatic ring is 1. The first-order valence-corrected chi connectivity index (χ1v) is 7.38. The third-order valence-corrected chi connectivity index (χ3v) is 4.20. The molecule has 4 nitrogen and oxygen atoms in total. The van der Waals surface area contributed by atoms with Gasteiger partial charge in [0.15, 0.2) is 0 Å². The van der Waals surface area contributed by atoms with Crippen molar-refractivity contribution in [2.24, 2.45) is 0 Å². The van der Waals surface area contributed by atoms with E-state index in [1.807, 2.05) is 24.7 Å². The third kappa shape index (κ3) is 2.58. The fraction of sp³-hybridized carbons (Fsp3) is 0.200. The van der Waals surface area contributed by atoms with E-state index in [1.54, 1.807) is 17.5 Å². The predicted octanol–water partition coefficient (Wildman–Crippen LogP) is 3.39. The molecule has 0 bridgehead atoms. The maximum absolute atomic E-state index is 5.64. The summed E-state index contributed by atoms with van der Waals surface area (Å²) in [5.41, 5.74) is 7.74. The van der Waals surface area contributed by atoms with Crippen LogP contribution in [0.4, 0.5) is 5.82 Å². The van der Waals surface area contributed by atoms with Crippen molar-refractivity contribution in [3.8, 4) is 11.3 Å². The van der Waals surface area contributed by atoms with Crippen LogP contribution in [0.25, 0.3) is 11.3 Å². The quantitative estimate of drug-likeness (QED) is 0.799. The summed E-state index contributed by atoms with van der Waals surface area (Å²) < 4.78 is 2.19. The summed E-state index contributed by atoms with van der Waals surface area (Å²) in [6.45, 7) is 2.20. The fourth-order valence-electron chi connectivity index (χ4n) is 2.25. The van der Waals surface area contributed by atoms with E-state index in [1.165, 1.54) is 4.88 Å². The van der Waals surface area contributed by atoms with Crippen molar-refractivity contribution in [2.75, 3.05) is 5.73 Å². The summed E-state index contributed by atoms with van der Waals surface area (Å²) in [6, 6.07) is 8.40. The van der Waals surface area contributed by atoms with E-state index in [2.05, 4.69) is 39.0 Å². The van der Waals surface area contributed by atoms with Crippen molar-refractivity contribution in [2.45, 2.75) is 19.4 Å². The lowest BCUT2D eigenvalue weighted by Crippen LogP contribution is -2.08. The molecule has 20 heavy (non-hydrogen) atoms. The Morgan fingerprint density at radius 2 is 2.20 bits per heavy atom. The molecule has 0 radical (unpaired) electrons. The highest BCUT2D eigenvalue weighted by Gasteiger charge is 2.12. The Balaban J connectivity index is 1.87. The predicted molar refractivity (Wildman–Crippen MR) is 82.6 cm³/mol. The summed E-state index contributed by atoms with van der Waals surface area (Å²) >= 11 is 1.79. The van der Waals surface area contributed by atoms with E-state index in [4.69, 9.17) is 5.73 Å². The normalized spacial score (nSPS) is 12.4. The highest BCUT2D eigenvalue weighted by Crippen LogP contribution is 2.25. The zero-order chi connectivity index (χ0) is 13.9. The van der Waals surface area contributed by atoms with Crippen molar-refractivity contribution in [3.05, 3.63) is 53.2 Å². The molecule has 0 amide bonds. The minimum Gasteiger partial charge on any atom is -0.384 e. The van der Waals surface area contributed by atoms with E-state index in [0.29, 0.717) is 11.9 Å². The zero-order valence-corrected chi connectivity index (χ0v) is 12.0. The van der Waals surface area contributed by atoms with Crippen LogP contribution < -0.4 is 5.73 Å². The zero-order valence-electron chi connectivity index (χ0n) is 11.2. The van der Waals surface area contributed by atoms with E-state index in [0.717, 1.165) is 17.7 Å². The van der Waals surface area contributed by atoms with Crippen LogP contribution >= 0.6 is 11.3 Å². The van der Waals surface area contributed by atoms with E-state index in [9.17, 15) is 0 Å². The number of nitrogens with zero attached hydrogens (tertiary/aromatic N) is 3. The van der Waals surface area contributed by atoms with Crippen LogP contribution in [0.1, 0.15) is 17.8 Å². The average Bonchev–Trinajstić information content (AvgIpc) is 3.10. The first-order valence-electron chi connectivity index (χ1n) is 6.50. The van der Waals surface area contributed by atoms with Crippen molar-refractivity contribution in [1.29, 1.82) is 0 Å². The van der Waals surface area contributed by atoms with Crippen molar-refractivity contribution >= 4 is 17.2 Å². The summed E-state index contributed by atoms with van der Waals surface area (Å²) in [5, 5.41) is 2.11. The van der Waals surface area contributed by atoms with Gasteiger partial charge < -0.3 is 10.3 Å². The number of hydrogen-bond donors (Lipinski definition) is 1. The van der Waals surface area contributed by atoms with Gasteiger partial charge in [0.1, 0.15) is 5.82 Å². The molecule has 0 saturated carbocycles. The molecule has 3 heterocycles. The Kier molecular flexibility index (Phi) is 3.52. The molecule has 0 aliphatic heterocycles. The van der Waals surface area contributed by atoms with Crippen LogP contribution in [0, 0.1) is 0 Å². The summed E-state index contributed by atoms with van der Waals surface area (Å²) in [4.78, 5) is 9.81. The molecule has 102 valence electrons. The number of imidazole rings is 1. The summed E-state index contributed by atoms with van der Waals surface area (Å²) in [6.07, 6.45) is 6.55. The Labute approximate surface area is 121 Å². The number of thiophene rings is 1. The highest BCUT2D eigenvalue weighted by molar-refractivity contribution is 7.09. The molecule has 3 rings (SSSR count). The summed E-state index contributed by atoms with van der Waals surface area (Å²) in [5.74, 6) is 0.534. The Morgan fingerprint density at radius 3 is 2.90 bits per heavy atom. The maximum Gasteiger partial charge on any atom is 0.123 e. The molecule has 0 saturated heterocycles. The molecule has 1 atom stereocenters. The Morgan fingerprint density at radius 1 is 1.30 bits per heavy atom. The minimum atomic E-state index is 0.351. The molecule has 0 aliphatic rings. The number of anilines is 1. The van der Waals surface area contributed by atoms with Gasteiger partial charge in [-0.25, -0.2) is 9.97 Å². The molecule has 0 aromatic carbocycles. The van der Waals surface area contributed by atoms with Crippen molar-refractivity contribution in [1.82, 2.24) is 14.5 Å². The first-order chi connectivity index (χ1) is 9.74. The van der Waals surface area contributed by atoms with E-state index in [-0.39, 0.29) is 0 Å². The molecular formula is C15H16N4S. The second-order valence-corrected chi connectivity index (χ2v) is 5.82. The molecule has 0 fully saturated rings. The van der Waals surface area contributed by atoms with Gasteiger partial charge in [-0.3, -0.25) is 0 Å². The highest BCUT2D eigenvalue weighted by atomic mass is 32.1. The van der Waals surface area contributed by atoms with Crippen molar-refractivity contribution < 1.29 is 0 Å². The average molecular weight is 284 g/mol. The van der Waals surface area contributed by atoms with Crippen LogP contribution in [0.15, 0.2) is 48.4 Å². The second kappa shape index (κ2) is 5.46. The van der Waals surface area contributed by atoms with Crippen LogP contribution in [-0.2, 0) is 6.42 Å². The van der Waals surface area contributed by atoms with Crippen LogP contribution in [-0.4, -0.2) is 14.5 Å². The molecule has 0 spiro atoms. The Bertz CT molecular complexity index is 670. The second-order valence-electron chi connectivity index (χ2n) is 4.79. The van der Waals surface area contributed by atoms with Crippen molar-refractivity contribution in [3.63, 3.8) is 0 Å². The lowest BCUT2D eigenvalue weighted by molar-refractivity contribution is 0.553. The number of pyridine rings is 1. The molecule has 1 unspecified atom stereocenters. The standard InChI is InChI=1S/C15H16N4S/c1-11(7-13-3-2-6-20-13)19-10-17-9-14(19)12-4-5-15(16)18-8-12/h2-6,8-11H,7H2,1H3,(H2,16,18). The molecule has 0 aliphatic carbocycles. The largest absolute Gasteiger partial charge is 0.384 e. The van der Waals surface area contributed by atoms with Gasteiger partial charge in [-0.1, -0.05) is 6.07 Å². The van der Waals surface area contributed by atoms with Gasteiger partial charge in [0.25, 0.3) is 0 Å². The molecule has 3 aromatic rings. The number of rotatable bonds is 4. The maximum atomic E-state index is 5.64. The molecule has 3 aromatic heterocycles. The van der Waals surface area contributed by atoms with Gasteiger partial charge in [0, 0.05) is 29.1 Å². The SMILES string of the molecule is CC(Cc1cccs1)n1cncc1-c1ccc(N)nc1. The van der Waals surface area contributed by atoms with Gasteiger partial charge in [-0.05, 0) is 30.5 Å².